The fraction of sp³-hybridized carbons (Fsp3) is 0.0556. The molecule has 240 valence electrons. The van der Waals surface area contributed by atoms with Crippen molar-refractivity contribution in [2.45, 2.75) is 4.90 Å². The lowest BCUT2D eigenvalue weighted by atomic mass is 10.1. The van der Waals surface area contributed by atoms with E-state index >= 15 is 0 Å². The third-order valence-corrected chi connectivity index (χ3v) is 8.44. The van der Waals surface area contributed by atoms with Crippen molar-refractivity contribution in [2.75, 3.05) is 23.2 Å². The van der Waals surface area contributed by atoms with Crippen LogP contribution in [0.25, 0.3) is 11.1 Å². The molecule has 0 atom stereocenters. The lowest BCUT2D eigenvalue weighted by Crippen LogP contribution is -2.29. The van der Waals surface area contributed by atoms with Gasteiger partial charge in [0, 0.05) is 16.9 Å². The van der Waals surface area contributed by atoms with Crippen LogP contribution in [-0.4, -0.2) is 44.5 Å². The van der Waals surface area contributed by atoms with Crippen molar-refractivity contribution in [2.24, 2.45) is 0 Å². The highest BCUT2D eigenvalue weighted by Crippen LogP contribution is 2.26. The molecule has 0 aromatic heterocycles. The number of aromatic carboxylic acids is 1. The second-order valence-corrected chi connectivity index (χ2v) is 12.0. The summed E-state index contributed by atoms with van der Waals surface area (Å²) in [6.07, 6.45) is 0. The highest BCUT2D eigenvalue weighted by atomic mass is 32.2. The van der Waals surface area contributed by atoms with Crippen LogP contribution in [0.4, 0.5) is 11.4 Å². The zero-order valence-corrected chi connectivity index (χ0v) is 26.0. The number of amides is 2. The number of nitrogens with one attached hydrogen (secondary N) is 3. The van der Waals surface area contributed by atoms with Crippen molar-refractivity contribution >= 4 is 39.2 Å². The highest BCUT2D eigenvalue weighted by molar-refractivity contribution is 7.92. The van der Waals surface area contributed by atoms with E-state index in [0.717, 1.165) is 5.56 Å². The first kappa shape index (κ1) is 32.9. The molecule has 5 aromatic rings. The first-order valence-corrected chi connectivity index (χ1v) is 16.0. The third-order valence-electron chi connectivity index (χ3n) is 7.06. The number of carboxylic acid groups (broad SMARTS) is 1. The van der Waals surface area contributed by atoms with E-state index in [1.807, 2.05) is 6.07 Å². The van der Waals surface area contributed by atoms with Crippen molar-refractivity contribution < 1.29 is 32.6 Å². The minimum absolute atomic E-state index is 0.0446. The number of hydrogen-bond acceptors (Lipinski definition) is 7. The summed E-state index contributed by atoms with van der Waals surface area (Å²) in [6, 6.07) is 33.8. The molecular weight excluding hydrogens is 632 g/mol. The van der Waals surface area contributed by atoms with Crippen LogP contribution in [0.15, 0.2) is 126 Å². The molecule has 12 heteroatoms. The molecule has 0 heterocycles. The van der Waals surface area contributed by atoms with E-state index < -0.39 is 21.9 Å². The molecule has 0 fully saturated rings. The fourth-order valence-corrected chi connectivity index (χ4v) is 5.72. The molecule has 0 radical (unpaired) electrons. The Morgan fingerprint density at radius 2 is 1.40 bits per heavy atom. The first-order valence-electron chi connectivity index (χ1n) is 14.5. The number of carbonyl (C=O) groups excluding carboxylic acids is 2. The van der Waals surface area contributed by atoms with Crippen molar-refractivity contribution in [1.29, 1.82) is 5.26 Å². The highest BCUT2D eigenvalue weighted by Gasteiger charge is 2.17. The van der Waals surface area contributed by atoms with Gasteiger partial charge < -0.3 is 20.5 Å². The number of benzene rings is 5. The van der Waals surface area contributed by atoms with Crippen LogP contribution < -0.4 is 20.1 Å². The van der Waals surface area contributed by atoms with Gasteiger partial charge >= 0.3 is 5.97 Å². The van der Waals surface area contributed by atoms with E-state index in [9.17, 15) is 27.9 Å². The number of anilines is 2. The predicted octanol–water partition coefficient (Wildman–Crippen LogP) is 5.79. The van der Waals surface area contributed by atoms with E-state index in [1.54, 1.807) is 78.9 Å². The van der Waals surface area contributed by atoms with E-state index in [-0.39, 0.29) is 40.8 Å². The molecule has 0 unspecified atom stereocenters. The van der Waals surface area contributed by atoms with Crippen LogP contribution in [-0.2, 0) is 10.0 Å². The molecule has 48 heavy (non-hydrogen) atoms. The van der Waals surface area contributed by atoms with Gasteiger partial charge in [0.05, 0.1) is 34.2 Å². The van der Waals surface area contributed by atoms with Crippen molar-refractivity contribution in [3.8, 4) is 22.9 Å². The minimum atomic E-state index is -3.96. The third kappa shape index (κ3) is 8.22. The van der Waals surface area contributed by atoms with Crippen LogP contribution in [0.2, 0.25) is 0 Å². The maximum atomic E-state index is 13.2. The SMILES string of the molecule is N#Cc1ccc(NC(=O)c2ccc(NS(=O)(=O)c3cccc(-c4ccc(OCCNC(=O)c5ccccc5C(=O)O)cc4)c3)cc2)cc1. The zero-order valence-electron chi connectivity index (χ0n) is 25.2. The number of nitriles is 1. The normalized spacial score (nSPS) is 10.7. The van der Waals surface area contributed by atoms with Gasteiger partial charge in [0.25, 0.3) is 21.8 Å². The summed E-state index contributed by atoms with van der Waals surface area (Å²) < 4.78 is 34.6. The summed E-state index contributed by atoms with van der Waals surface area (Å²) in [5.74, 6) is -1.56. The Morgan fingerprint density at radius 3 is 2.06 bits per heavy atom. The van der Waals surface area contributed by atoms with Crippen LogP contribution in [0.3, 0.4) is 0 Å². The summed E-state index contributed by atoms with van der Waals surface area (Å²) in [7, 11) is -3.96. The molecule has 0 bridgehead atoms. The van der Waals surface area contributed by atoms with E-state index in [0.29, 0.717) is 28.1 Å². The molecule has 11 nitrogen and oxygen atoms in total. The van der Waals surface area contributed by atoms with Crippen molar-refractivity contribution in [3.63, 3.8) is 0 Å². The van der Waals surface area contributed by atoms with E-state index in [4.69, 9.17) is 10.00 Å². The molecular formula is C36H28N4O7S. The molecule has 0 spiro atoms. The summed E-state index contributed by atoms with van der Waals surface area (Å²) in [4.78, 5) is 36.4. The second-order valence-electron chi connectivity index (χ2n) is 10.3. The second kappa shape index (κ2) is 14.8. The van der Waals surface area contributed by atoms with Crippen LogP contribution in [0, 0.1) is 11.3 Å². The Balaban J connectivity index is 1.15. The summed E-state index contributed by atoms with van der Waals surface area (Å²) in [5.41, 5.74) is 2.97. The number of nitrogens with zero attached hydrogens (tertiary/aromatic N) is 1. The van der Waals surface area contributed by atoms with Gasteiger partial charge in [-0.05, 0) is 96.1 Å². The zero-order chi connectivity index (χ0) is 34.1. The van der Waals surface area contributed by atoms with Gasteiger partial charge in [-0.15, -0.1) is 0 Å². The average Bonchev–Trinajstić information content (AvgIpc) is 3.10. The van der Waals surface area contributed by atoms with Crippen LogP contribution in [0.1, 0.15) is 36.6 Å². The first-order chi connectivity index (χ1) is 23.1. The lowest BCUT2D eigenvalue weighted by molar-refractivity contribution is 0.0690. The standard InChI is InChI=1S/C36H28N4O7S/c37-23-24-8-14-28(15-9-24)39-34(41)26-10-16-29(17-11-26)40-48(45,46)31-5-3-4-27(22-31)25-12-18-30(19-13-25)47-21-20-38-35(42)32-6-1-2-7-33(32)36(43)44/h1-19,22,40H,20-21H2,(H,38,42)(H,39,41)(H,43,44). The van der Waals surface area contributed by atoms with Gasteiger partial charge in [-0.25, -0.2) is 13.2 Å². The fourth-order valence-electron chi connectivity index (χ4n) is 4.62. The Labute approximate surface area is 276 Å². The van der Waals surface area contributed by atoms with Crippen molar-refractivity contribution in [3.05, 3.63) is 144 Å². The monoisotopic (exact) mass is 660 g/mol. The number of carbonyl (C=O) groups is 3. The smallest absolute Gasteiger partial charge is 0.336 e. The van der Waals surface area contributed by atoms with Crippen LogP contribution >= 0.6 is 0 Å². The average molecular weight is 661 g/mol. The van der Waals surface area contributed by atoms with Gasteiger partial charge in [0.15, 0.2) is 0 Å². The van der Waals surface area contributed by atoms with Gasteiger partial charge in [0.2, 0.25) is 0 Å². The number of sulfonamides is 1. The molecule has 2 amide bonds. The molecule has 0 aliphatic heterocycles. The van der Waals surface area contributed by atoms with E-state index in [1.165, 1.54) is 42.5 Å². The van der Waals surface area contributed by atoms with Gasteiger partial charge in [-0.2, -0.15) is 5.26 Å². The molecule has 5 aromatic carbocycles. The molecule has 0 aliphatic carbocycles. The Morgan fingerprint density at radius 1 is 0.729 bits per heavy atom. The summed E-state index contributed by atoms with van der Waals surface area (Å²) in [6.45, 7) is 0.290. The number of ether oxygens (including phenoxy) is 1. The van der Waals surface area contributed by atoms with Gasteiger partial charge in [0.1, 0.15) is 12.4 Å². The van der Waals surface area contributed by atoms with Gasteiger partial charge in [-0.1, -0.05) is 36.4 Å². The Kier molecular flexibility index (Phi) is 10.1. The quantitative estimate of drug-likeness (QED) is 0.122. The topological polar surface area (TPSA) is 175 Å². The molecule has 0 aliphatic rings. The van der Waals surface area contributed by atoms with Gasteiger partial charge in [-0.3, -0.25) is 14.3 Å². The molecule has 0 saturated heterocycles. The molecule has 4 N–H and O–H groups in total. The van der Waals surface area contributed by atoms with E-state index in [2.05, 4.69) is 15.4 Å². The Hall–Kier alpha value is -6.45. The summed E-state index contributed by atoms with van der Waals surface area (Å²) in [5, 5.41) is 23.6. The number of carboxylic acids is 1. The minimum Gasteiger partial charge on any atom is -0.492 e. The number of hydrogen-bond donors (Lipinski definition) is 4. The maximum Gasteiger partial charge on any atom is 0.336 e. The molecule has 0 saturated carbocycles. The largest absolute Gasteiger partial charge is 0.492 e. The summed E-state index contributed by atoms with van der Waals surface area (Å²) >= 11 is 0. The van der Waals surface area contributed by atoms with Crippen molar-refractivity contribution in [1.82, 2.24) is 5.32 Å². The van der Waals surface area contributed by atoms with Crippen LogP contribution in [0.5, 0.6) is 5.75 Å². The predicted molar refractivity (Wildman–Crippen MR) is 179 cm³/mol. The lowest BCUT2D eigenvalue weighted by Gasteiger charge is -2.11. The number of rotatable bonds is 12. The molecule has 5 rings (SSSR count). The Bertz CT molecular complexity index is 2110. The maximum absolute atomic E-state index is 13.2.